The molecule has 0 saturated heterocycles. The SMILES string of the molecule is CN(C)c1ccc(/C=C/c2cc(/C=C/[C+]3C=CC(=[N+](C)C)C=C3)[o+]c(/C=C/[C+]3C=CC(=[N+](C)C)C=C3)c2)cc1. The van der Waals surface area contributed by atoms with E-state index in [9.17, 15) is 0 Å². The Kier molecular flexibility index (Phi) is 9.01. The first-order valence-corrected chi connectivity index (χ1v) is 13.1. The fourth-order valence-electron chi connectivity index (χ4n) is 4.03. The summed E-state index contributed by atoms with van der Waals surface area (Å²) in [5.74, 6) is 3.82. The number of benzene rings is 1. The van der Waals surface area contributed by atoms with Gasteiger partial charge >= 0.3 is 11.5 Å². The van der Waals surface area contributed by atoms with Crippen molar-refractivity contribution in [1.29, 1.82) is 0 Å². The lowest BCUT2D eigenvalue weighted by atomic mass is 10.0. The van der Waals surface area contributed by atoms with Crippen molar-refractivity contribution >= 4 is 41.4 Å². The molecule has 0 saturated carbocycles. The molecule has 4 rings (SSSR count). The van der Waals surface area contributed by atoms with E-state index in [4.69, 9.17) is 4.42 Å². The van der Waals surface area contributed by atoms with E-state index >= 15 is 0 Å². The van der Waals surface area contributed by atoms with E-state index in [0.29, 0.717) is 0 Å². The summed E-state index contributed by atoms with van der Waals surface area (Å²) in [5.41, 5.74) is 5.76. The van der Waals surface area contributed by atoms with Crippen molar-refractivity contribution in [1.82, 2.24) is 0 Å². The Labute approximate surface area is 233 Å². The van der Waals surface area contributed by atoms with Crippen LogP contribution in [-0.2, 0) is 0 Å². The van der Waals surface area contributed by atoms with Gasteiger partial charge in [0.05, 0.1) is 48.3 Å². The molecule has 0 unspecified atom stereocenters. The van der Waals surface area contributed by atoms with Crippen LogP contribution in [-0.4, -0.2) is 62.9 Å². The summed E-state index contributed by atoms with van der Waals surface area (Å²) in [6.07, 6.45) is 29.4. The molecule has 4 heteroatoms. The van der Waals surface area contributed by atoms with Crippen LogP contribution in [0, 0.1) is 11.8 Å². The molecule has 2 aliphatic carbocycles. The van der Waals surface area contributed by atoms with Crippen molar-refractivity contribution < 1.29 is 13.6 Å². The minimum Gasteiger partial charge on any atom is -0.378 e. The second-order valence-electron chi connectivity index (χ2n) is 10.2. The van der Waals surface area contributed by atoms with Crippen molar-refractivity contribution in [3.8, 4) is 0 Å². The van der Waals surface area contributed by atoms with Gasteiger partial charge in [-0.2, -0.15) is 4.42 Å². The van der Waals surface area contributed by atoms with Crippen LogP contribution in [0.1, 0.15) is 22.6 Å². The fraction of sp³-hybridized carbons (Fsp3) is 0.171. The molecular weight excluding hydrogens is 478 g/mol. The number of hydrogen-bond donors (Lipinski definition) is 0. The monoisotopic (exact) mass is 516 g/mol. The van der Waals surface area contributed by atoms with Crippen LogP contribution in [0.25, 0.3) is 24.3 Å². The lowest BCUT2D eigenvalue weighted by Gasteiger charge is -2.11. The zero-order valence-corrected chi connectivity index (χ0v) is 23.8. The highest BCUT2D eigenvalue weighted by atomic mass is 16.3. The Hall–Kier alpha value is -4.57. The van der Waals surface area contributed by atoms with Crippen LogP contribution in [0.5, 0.6) is 0 Å². The zero-order chi connectivity index (χ0) is 27.8. The van der Waals surface area contributed by atoms with Crippen molar-refractivity contribution in [3.63, 3.8) is 0 Å². The van der Waals surface area contributed by atoms with E-state index in [0.717, 1.165) is 34.5 Å². The maximum absolute atomic E-state index is 6.25. The molecule has 2 aliphatic rings. The Morgan fingerprint density at radius 1 is 0.615 bits per heavy atom. The van der Waals surface area contributed by atoms with Crippen molar-refractivity contribution in [2.75, 3.05) is 47.2 Å². The Morgan fingerprint density at radius 3 is 1.46 bits per heavy atom. The lowest BCUT2D eigenvalue weighted by Crippen LogP contribution is -2.10. The molecule has 0 amide bonds. The van der Waals surface area contributed by atoms with Gasteiger partial charge in [-0.05, 0) is 23.3 Å². The van der Waals surface area contributed by atoms with Crippen molar-refractivity contribution in [2.24, 2.45) is 0 Å². The van der Waals surface area contributed by atoms with Gasteiger partial charge in [0, 0.05) is 56.2 Å². The fourth-order valence-corrected chi connectivity index (χ4v) is 4.03. The second-order valence-corrected chi connectivity index (χ2v) is 10.2. The van der Waals surface area contributed by atoms with Gasteiger partial charge in [0.15, 0.2) is 0 Å². The molecular formula is C35H38N3O+5. The highest BCUT2D eigenvalue weighted by Gasteiger charge is 2.19. The van der Waals surface area contributed by atoms with Gasteiger partial charge in [0.1, 0.15) is 40.3 Å². The van der Waals surface area contributed by atoms with E-state index in [2.05, 4.69) is 137 Å². The van der Waals surface area contributed by atoms with Crippen LogP contribution in [0.4, 0.5) is 5.69 Å². The molecule has 4 nitrogen and oxygen atoms in total. The first kappa shape index (κ1) is 27.5. The smallest absolute Gasteiger partial charge is 0.378 e. The lowest BCUT2D eigenvalue weighted by molar-refractivity contribution is -0.462. The predicted octanol–water partition coefficient (Wildman–Crippen LogP) is 6.65. The Bertz CT molecular complexity index is 1340. The average Bonchev–Trinajstić information content (AvgIpc) is 2.94. The quantitative estimate of drug-likeness (QED) is 0.233. The van der Waals surface area contributed by atoms with Crippen LogP contribution >= 0.6 is 0 Å². The van der Waals surface area contributed by atoms with E-state index < -0.39 is 0 Å². The topological polar surface area (TPSA) is 20.6 Å². The standard InChI is InChI=1S/C35H38N3O/c1-36(2)31-17-9-27(10-18-31)7-8-30-25-34(23-15-28-11-19-32(20-12-28)37(3)4)39-35(26-30)24-16-29-13-21-33(22-14-29)38(5)6/h7-26H,1-6H3/q+5/b8-7+,23-15+,24-16+. The zero-order valence-electron chi connectivity index (χ0n) is 23.8. The number of hydrogen-bond acceptors (Lipinski definition) is 1. The number of allylic oxidation sites excluding steroid dienone is 10. The summed E-state index contributed by atoms with van der Waals surface area (Å²) in [7, 11) is 12.3. The third-order valence-electron chi connectivity index (χ3n) is 6.43. The summed E-state index contributed by atoms with van der Waals surface area (Å²) in [4.78, 5) is 2.10. The molecule has 0 spiro atoms. The van der Waals surface area contributed by atoms with E-state index in [1.54, 1.807) is 0 Å². The highest BCUT2D eigenvalue weighted by Crippen LogP contribution is 2.21. The molecule has 0 radical (unpaired) electrons. The van der Waals surface area contributed by atoms with Gasteiger partial charge in [-0.3, -0.25) is 0 Å². The molecule has 1 aromatic carbocycles. The molecule has 0 bridgehead atoms. The van der Waals surface area contributed by atoms with Gasteiger partial charge in [-0.25, -0.2) is 9.15 Å². The Balaban J connectivity index is 1.58. The van der Waals surface area contributed by atoms with Crippen LogP contribution < -0.4 is 4.90 Å². The third-order valence-corrected chi connectivity index (χ3v) is 6.43. The maximum Gasteiger partial charge on any atom is 0.394 e. The molecule has 0 atom stereocenters. The van der Waals surface area contributed by atoms with Crippen LogP contribution in [0.2, 0.25) is 0 Å². The molecule has 1 aromatic heterocycles. The van der Waals surface area contributed by atoms with Crippen molar-refractivity contribution in [3.05, 3.63) is 132 Å². The normalized spacial score (nSPS) is 15.0. The summed E-state index contributed by atoms with van der Waals surface area (Å²) in [6, 6.07) is 12.7. The summed E-state index contributed by atoms with van der Waals surface area (Å²) < 4.78 is 10.4. The first-order valence-electron chi connectivity index (χ1n) is 13.1. The van der Waals surface area contributed by atoms with Gasteiger partial charge in [0.25, 0.3) is 11.4 Å². The minimum atomic E-state index is 0.791. The van der Waals surface area contributed by atoms with Crippen LogP contribution in [0.15, 0.2) is 102 Å². The molecule has 1 heterocycles. The van der Waals surface area contributed by atoms with Gasteiger partial charge in [0.2, 0.25) is 0 Å². The molecule has 0 N–H and O–H groups in total. The summed E-state index contributed by atoms with van der Waals surface area (Å²) in [6.45, 7) is 0. The van der Waals surface area contributed by atoms with Crippen molar-refractivity contribution in [2.45, 2.75) is 0 Å². The number of rotatable bonds is 7. The van der Waals surface area contributed by atoms with Gasteiger partial charge < -0.3 is 4.90 Å². The second kappa shape index (κ2) is 12.8. The minimum absolute atomic E-state index is 0.791. The predicted molar refractivity (Wildman–Crippen MR) is 168 cm³/mol. The summed E-state index contributed by atoms with van der Waals surface area (Å²) >= 11 is 0. The molecule has 39 heavy (non-hydrogen) atoms. The number of nitrogens with zero attached hydrogens (tertiary/aromatic N) is 3. The first-order chi connectivity index (χ1) is 18.8. The largest absolute Gasteiger partial charge is 0.394 e. The maximum atomic E-state index is 6.25. The van der Waals surface area contributed by atoms with Crippen LogP contribution in [0.3, 0.4) is 0 Å². The molecule has 0 fully saturated rings. The molecule has 2 aromatic rings. The summed E-state index contributed by atoms with van der Waals surface area (Å²) in [5, 5.41) is 0. The Morgan fingerprint density at radius 2 is 1.05 bits per heavy atom. The van der Waals surface area contributed by atoms with E-state index in [1.165, 1.54) is 17.1 Å². The van der Waals surface area contributed by atoms with Gasteiger partial charge in [-0.1, -0.05) is 24.3 Å². The molecule has 194 valence electrons. The third kappa shape index (κ3) is 7.96. The van der Waals surface area contributed by atoms with E-state index in [1.807, 2.05) is 40.3 Å². The highest BCUT2D eigenvalue weighted by molar-refractivity contribution is 6.02. The average molecular weight is 517 g/mol. The van der Waals surface area contributed by atoms with E-state index in [-0.39, 0.29) is 0 Å². The number of anilines is 1. The molecule has 0 aliphatic heterocycles. The van der Waals surface area contributed by atoms with Gasteiger partial charge in [-0.15, -0.1) is 0 Å².